The van der Waals surface area contributed by atoms with Gasteiger partial charge in [0.15, 0.2) is 10.8 Å². The van der Waals surface area contributed by atoms with Crippen LogP contribution in [-0.2, 0) is 19.6 Å². The van der Waals surface area contributed by atoms with Gasteiger partial charge in [-0.1, -0.05) is 17.7 Å². The van der Waals surface area contributed by atoms with E-state index in [1.165, 1.54) is 23.5 Å². The van der Waals surface area contributed by atoms with Crippen LogP contribution in [0.15, 0.2) is 46.0 Å². The molecule has 0 bridgehead atoms. The number of hydrogen-bond donors (Lipinski definition) is 1. The smallest absolute Gasteiger partial charge is 0.338 e. The number of thiazole rings is 1. The van der Waals surface area contributed by atoms with Crippen LogP contribution in [0.1, 0.15) is 36.4 Å². The Bertz CT molecular complexity index is 1300. The fourth-order valence-corrected chi connectivity index (χ4v) is 6.57. The third kappa shape index (κ3) is 5.46. The summed E-state index contributed by atoms with van der Waals surface area (Å²) in [5.74, 6) is -1.21. The number of amidine groups is 1. The molecule has 1 fully saturated rings. The number of carbonyl (C=O) groups excluding carboxylic acids is 1. The van der Waals surface area contributed by atoms with Crippen molar-refractivity contribution in [3.8, 4) is 0 Å². The van der Waals surface area contributed by atoms with Crippen molar-refractivity contribution in [2.24, 2.45) is 10.9 Å². The van der Waals surface area contributed by atoms with Crippen LogP contribution < -0.4 is 5.32 Å². The number of halogens is 3. The monoisotopic (exact) mass is 558 g/mol. The Labute approximate surface area is 217 Å². The number of piperidine rings is 1. The van der Waals surface area contributed by atoms with E-state index in [9.17, 15) is 22.0 Å². The third-order valence-electron chi connectivity index (χ3n) is 6.14. The average Bonchev–Trinajstić information content (AvgIpc) is 3.37. The summed E-state index contributed by atoms with van der Waals surface area (Å²) in [5, 5.41) is 5.62. The lowest BCUT2D eigenvalue weighted by Gasteiger charge is -2.39. The number of aromatic nitrogens is 1. The SMILES string of the molecule is CCOC(=O)C1=C([C@H]2CCN(S(C)(=O)=O)[C@H](CF)C2)NC(c2nccs2)=NC1c1ccc(F)cc1Cl. The Morgan fingerprint density at radius 1 is 1.39 bits per heavy atom. The molecule has 36 heavy (non-hydrogen) atoms. The van der Waals surface area contributed by atoms with Gasteiger partial charge < -0.3 is 10.1 Å². The fourth-order valence-electron chi connectivity index (χ4n) is 4.59. The lowest BCUT2D eigenvalue weighted by atomic mass is 9.84. The number of rotatable bonds is 7. The highest BCUT2D eigenvalue weighted by Crippen LogP contribution is 2.41. The Kier molecular flexibility index (Phi) is 8.08. The molecular weight excluding hydrogens is 534 g/mol. The van der Waals surface area contributed by atoms with Crippen molar-refractivity contribution < 1.29 is 26.7 Å². The number of ether oxygens (including phenoxy) is 1. The number of esters is 1. The molecule has 2 aliphatic heterocycles. The fraction of sp³-hybridized carbons (Fsp3) is 0.435. The predicted octanol–water partition coefficient (Wildman–Crippen LogP) is 3.85. The van der Waals surface area contributed by atoms with Gasteiger partial charge >= 0.3 is 5.97 Å². The van der Waals surface area contributed by atoms with E-state index in [4.69, 9.17) is 21.3 Å². The van der Waals surface area contributed by atoms with Gasteiger partial charge in [-0.05, 0) is 31.9 Å². The van der Waals surface area contributed by atoms with E-state index in [0.29, 0.717) is 28.5 Å². The normalized spacial score (nSPS) is 23.2. The van der Waals surface area contributed by atoms with Crippen LogP contribution >= 0.6 is 22.9 Å². The van der Waals surface area contributed by atoms with E-state index in [-0.39, 0.29) is 30.2 Å². The molecular formula is C23H25ClF2N4O4S2. The summed E-state index contributed by atoms with van der Waals surface area (Å²) in [5.41, 5.74) is 1.01. The molecule has 1 unspecified atom stereocenters. The standard InChI is InChI=1S/C23H25ClF2N4O4S2/c1-3-34-23(31)18-19(13-6-8-30(36(2,32)33)15(10-13)12-25)28-21(22-27-7-9-35-22)29-20(18)16-5-4-14(26)11-17(16)24/h4-5,7,9,11,13,15,20H,3,6,8,10,12H2,1-2H3,(H,28,29)/t13-,15-,20?/m0/s1. The van der Waals surface area contributed by atoms with Gasteiger partial charge in [0.2, 0.25) is 10.0 Å². The van der Waals surface area contributed by atoms with Crippen LogP contribution in [-0.4, -0.2) is 61.6 Å². The van der Waals surface area contributed by atoms with Crippen LogP contribution in [0.2, 0.25) is 5.02 Å². The number of nitrogens with zero attached hydrogens (tertiary/aromatic N) is 3. The number of allylic oxidation sites excluding steroid dienone is 1. The van der Waals surface area contributed by atoms with Crippen molar-refractivity contribution in [1.82, 2.24) is 14.6 Å². The largest absolute Gasteiger partial charge is 0.463 e. The first kappa shape index (κ1) is 26.6. The molecule has 8 nitrogen and oxygen atoms in total. The van der Waals surface area contributed by atoms with E-state index in [0.717, 1.165) is 16.6 Å². The van der Waals surface area contributed by atoms with Crippen molar-refractivity contribution in [2.45, 2.75) is 31.8 Å². The van der Waals surface area contributed by atoms with Crippen LogP contribution in [0, 0.1) is 11.7 Å². The zero-order valence-electron chi connectivity index (χ0n) is 19.6. The van der Waals surface area contributed by atoms with Crippen LogP contribution in [0.3, 0.4) is 0 Å². The molecule has 1 aromatic carbocycles. The number of benzene rings is 1. The second-order valence-electron chi connectivity index (χ2n) is 8.46. The van der Waals surface area contributed by atoms with Gasteiger partial charge in [0, 0.05) is 40.3 Å². The minimum absolute atomic E-state index is 0.0822. The maximum Gasteiger partial charge on any atom is 0.338 e. The van der Waals surface area contributed by atoms with E-state index >= 15 is 0 Å². The van der Waals surface area contributed by atoms with Crippen molar-refractivity contribution in [2.75, 3.05) is 26.1 Å². The first-order chi connectivity index (χ1) is 17.1. The molecule has 3 heterocycles. The van der Waals surface area contributed by atoms with Gasteiger partial charge in [0.25, 0.3) is 0 Å². The minimum Gasteiger partial charge on any atom is -0.463 e. The minimum atomic E-state index is -3.61. The summed E-state index contributed by atoms with van der Waals surface area (Å²) in [6.07, 6.45) is 3.14. The maximum atomic E-state index is 14.0. The summed E-state index contributed by atoms with van der Waals surface area (Å²) < 4.78 is 58.7. The first-order valence-corrected chi connectivity index (χ1v) is 14.4. The molecule has 0 radical (unpaired) electrons. The van der Waals surface area contributed by atoms with Crippen LogP contribution in [0.4, 0.5) is 8.78 Å². The topological polar surface area (TPSA) is 101 Å². The Morgan fingerprint density at radius 3 is 2.78 bits per heavy atom. The van der Waals surface area contributed by atoms with E-state index in [1.807, 2.05) is 0 Å². The maximum absolute atomic E-state index is 14.0. The molecule has 2 aromatic rings. The number of carbonyl (C=O) groups is 1. The lowest BCUT2D eigenvalue weighted by molar-refractivity contribution is -0.139. The van der Waals surface area contributed by atoms with Crippen LogP contribution in [0.25, 0.3) is 0 Å². The predicted molar refractivity (Wildman–Crippen MR) is 134 cm³/mol. The van der Waals surface area contributed by atoms with E-state index in [1.54, 1.807) is 18.5 Å². The molecule has 1 N–H and O–H groups in total. The summed E-state index contributed by atoms with van der Waals surface area (Å²) >= 11 is 7.72. The van der Waals surface area contributed by atoms with Gasteiger partial charge in [-0.3, -0.25) is 4.99 Å². The van der Waals surface area contributed by atoms with Gasteiger partial charge in [-0.15, -0.1) is 11.3 Å². The molecule has 194 valence electrons. The molecule has 1 aromatic heterocycles. The molecule has 0 saturated carbocycles. The van der Waals surface area contributed by atoms with Gasteiger partial charge in [-0.2, -0.15) is 4.31 Å². The van der Waals surface area contributed by atoms with Crippen LogP contribution in [0.5, 0.6) is 0 Å². The zero-order valence-corrected chi connectivity index (χ0v) is 22.0. The number of alkyl halides is 1. The molecule has 2 aliphatic rings. The van der Waals surface area contributed by atoms with Crippen molar-refractivity contribution in [3.05, 3.63) is 62.5 Å². The molecule has 0 aliphatic carbocycles. The summed E-state index contributed by atoms with van der Waals surface area (Å²) in [7, 11) is -3.61. The zero-order chi connectivity index (χ0) is 26.0. The van der Waals surface area contributed by atoms with Crippen molar-refractivity contribution >= 4 is 44.8 Å². The Hall–Kier alpha value is -2.41. The highest BCUT2D eigenvalue weighted by atomic mass is 35.5. The third-order valence-corrected chi connectivity index (χ3v) is 8.58. The number of aliphatic imine (C=N–C) groups is 1. The molecule has 3 atom stereocenters. The van der Waals surface area contributed by atoms with Gasteiger partial charge in [0.1, 0.15) is 18.5 Å². The lowest BCUT2D eigenvalue weighted by Crippen LogP contribution is -2.49. The quantitative estimate of drug-likeness (QED) is 0.518. The highest BCUT2D eigenvalue weighted by Gasteiger charge is 2.41. The highest BCUT2D eigenvalue weighted by molar-refractivity contribution is 7.88. The molecule has 4 rings (SSSR count). The van der Waals surface area contributed by atoms with E-state index in [2.05, 4.69) is 10.3 Å². The number of sulfonamides is 1. The van der Waals surface area contributed by atoms with Crippen molar-refractivity contribution in [1.29, 1.82) is 0 Å². The van der Waals surface area contributed by atoms with Gasteiger partial charge in [0.05, 0.1) is 24.5 Å². The number of nitrogens with one attached hydrogen (secondary N) is 1. The Balaban J connectivity index is 1.85. The Morgan fingerprint density at radius 2 is 2.17 bits per heavy atom. The first-order valence-electron chi connectivity index (χ1n) is 11.3. The molecule has 0 amide bonds. The molecule has 1 saturated heterocycles. The van der Waals surface area contributed by atoms with Crippen molar-refractivity contribution in [3.63, 3.8) is 0 Å². The summed E-state index contributed by atoms with van der Waals surface area (Å²) in [6, 6.07) is 2.01. The summed E-state index contributed by atoms with van der Waals surface area (Å²) in [4.78, 5) is 22.3. The molecule has 0 spiro atoms. The summed E-state index contributed by atoms with van der Waals surface area (Å²) in [6.45, 7) is 0.988. The average molecular weight is 559 g/mol. The second kappa shape index (κ2) is 10.9. The number of hydrogen-bond acceptors (Lipinski definition) is 8. The van der Waals surface area contributed by atoms with Gasteiger partial charge in [-0.25, -0.2) is 27.0 Å². The second-order valence-corrected chi connectivity index (χ2v) is 11.7. The van der Waals surface area contributed by atoms with E-state index < -0.39 is 46.5 Å². The molecule has 13 heteroatoms.